The van der Waals surface area contributed by atoms with Gasteiger partial charge in [-0.2, -0.15) is 0 Å². The molecule has 0 saturated heterocycles. The standard InChI is InChI=1S/C15H31NO2/c1-4-5-6-7-8-9-10-11-15(18)16(3)13-12-14(2)17/h14,17H,4-13H2,1-3H3. The number of rotatable bonds is 11. The van der Waals surface area contributed by atoms with Crippen molar-refractivity contribution in [3.05, 3.63) is 0 Å². The fourth-order valence-corrected chi connectivity index (χ4v) is 1.93. The Morgan fingerprint density at radius 3 is 2.22 bits per heavy atom. The number of unbranched alkanes of at least 4 members (excludes halogenated alkanes) is 6. The predicted octanol–water partition coefficient (Wildman–Crippen LogP) is 3.36. The van der Waals surface area contributed by atoms with Crippen LogP contribution in [0.3, 0.4) is 0 Å². The summed E-state index contributed by atoms with van der Waals surface area (Å²) in [6.45, 7) is 4.64. The Labute approximate surface area is 113 Å². The SMILES string of the molecule is CCCCCCCCCC(=O)N(C)CCC(C)O. The molecule has 0 heterocycles. The topological polar surface area (TPSA) is 40.5 Å². The van der Waals surface area contributed by atoms with Gasteiger partial charge >= 0.3 is 0 Å². The molecule has 0 rings (SSSR count). The normalized spacial score (nSPS) is 12.4. The molecule has 0 saturated carbocycles. The number of hydrogen-bond acceptors (Lipinski definition) is 2. The number of nitrogens with zero attached hydrogens (tertiary/aromatic N) is 1. The lowest BCUT2D eigenvalue weighted by Crippen LogP contribution is -2.29. The van der Waals surface area contributed by atoms with Crippen molar-refractivity contribution in [1.82, 2.24) is 4.90 Å². The Balaban J connectivity index is 3.40. The molecule has 3 heteroatoms. The zero-order chi connectivity index (χ0) is 13.8. The fourth-order valence-electron chi connectivity index (χ4n) is 1.93. The minimum absolute atomic E-state index is 0.212. The molecule has 1 unspecified atom stereocenters. The van der Waals surface area contributed by atoms with E-state index in [0.717, 1.165) is 6.42 Å². The van der Waals surface area contributed by atoms with E-state index in [1.165, 1.54) is 38.5 Å². The zero-order valence-corrected chi connectivity index (χ0v) is 12.5. The van der Waals surface area contributed by atoms with Gasteiger partial charge in [0.15, 0.2) is 0 Å². The summed E-state index contributed by atoms with van der Waals surface area (Å²) in [4.78, 5) is 13.5. The number of hydrogen-bond donors (Lipinski definition) is 1. The van der Waals surface area contributed by atoms with E-state index < -0.39 is 0 Å². The van der Waals surface area contributed by atoms with Crippen molar-refractivity contribution in [2.24, 2.45) is 0 Å². The van der Waals surface area contributed by atoms with E-state index in [0.29, 0.717) is 19.4 Å². The molecule has 1 N–H and O–H groups in total. The van der Waals surface area contributed by atoms with Crippen LogP contribution >= 0.6 is 0 Å². The van der Waals surface area contributed by atoms with Gasteiger partial charge < -0.3 is 10.0 Å². The first-order chi connectivity index (χ1) is 8.57. The lowest BCUT2D eigenvalue weighted by Gasteiger charge is -2.17. The highest BCUT2D eigenvalue weighted by atomic mass is 16.3. The van der Waals surface area contributed by atoms with Crippen LogP contribution in [0.5, 0.6) is 0 Å². The van der Waals surface area contributed by atoms with E-state index in [2.05, 4.69) is 6.92 Å². The Kier molecular flexibility index (Phi) is 11.2. The van der Waals surface area contributed by atoms with Gasteiger partial charge in [0.25, 0.3) is 0 Å². The Hall–Kier alpha value is -0.570. The maximum atomic E-state index is 11.7. The third-order valence-electron chi connectivity index (χ3n) is 3.30. The van der Waals surface area contributed by atoms with Crippen LogP contribution < -0.4 is 0 Å². The van der Waals surface area contributed by atoms with E-state index in [-0.39, 0.29) is 12.0 Å². The minimum atomic E-state index is -0.321. The molecule has 1 amide bonds. The first-order valence-corrected chi connectivity index (χ1v) is 7.50. The van der Waals surface area contributed by atoms with Crippen LogP contribution in [0.1, 0.15) is 71.6 Å². The second kappa shape index (κ2) is 11.5. The number of aliphatic hydroxyl groups excluding tert-OH is 1. The van der Waals surface area contributed by atoms with Gasteiger partial charge in [-0.05, 0) is 19.8 Å². The molecule has 0 bridgehead atoms. The summed E-state index contributed by atoms with van der Waals surface area (Å²) in [5, 5.41) is 9.16. The summed E-state index contributed by atoms with van der Waals surface area (Å²) in [5.41, 5.74) is 0. The van der Waals surface area contributed by atoms with Crippen LogP contribution in [0.15, 0.2) is 0 Å². The summed E-state index contributed by atoms with van der Waals surface area (Å²) < 4.78 is 0. The first kappa shape index (κ1) is 17.4. The average Bonchev–Trinajstić information content (AvgIpc) is 2.34. The number of carbonyl (C=O) groups is 1. The zero-order valence-electron chi connectivity index (χ0n) is 12.5. The Bertz CT molecular complexity index is 205. The van der Waals surface area contributed by atoms with Crippen LogP contribution in [0.2, 0.25) is 0 Å². The molecule has 0 aliphatic heterocycles. The summed E-state index contributed by atoms with van der Waals surface area (Å²) in [7, 11) is 1.83. The molecule has 0 fully saturated rings. The van der Waals surface area contributed by atoms with Gasteiger partial charge in [0.05, 0.1) is 6.10 Å². The maximum absolute atomic E-state index is 11.7. The molecular weight excluding hydrogens is 226 g/mol. The number of amides is 1. The van der Waals surface area contributed by atoms with Crippen LogP contribution in [-0.4, -0.2) is 35.6 Å². The highest BCUT2D eigenvalue weighted by Gasteiger charge is 2.08. The molecule has 0 spiro atoms. The molecule has 1 atom stereocenters. The third kappa shape index (κ3) is 10.6. The van der Waals surface area contributed by atoms with Crippen LogP contribution in [0, 0.1) is 0 Å². The molecule has 108 valence electrons. The van der Waals surface area contributed by atoms with Gasteiger partial charge in [-0.15, -0.1) is 0 Å². The van der Waals surface area contributed by atoms with Crippen molar-refractivity contribution in [1.29, 1.82) is 0 Å². The number of aliphatic hydroxyl groups is 1. The van der Waals surface area contributed by atoms with E-state index in [1.807, 2.05) is 7.05 Å². The predicted molar refractivity (Wildman–Crippen MR) is 76.5 cm³/mol. The second-order valence-electron chi connectivity index (χ2n) is 5.32. The molecule has 0 aromatic rings. The fraction of sp³-hybridized carbons (Fsp3) is 0.933. The van der Waals surface area contributed by atoms with Crippen molar-refractivity contribution in [3.8, 4) is 0 Å². The molecule has 0 aromatic heterocycles. The summed E-state index contributed by atoms with van der Waals surface area (Å²) in [5.74, 6) is 0.212. The summed E-state index contributed by atoms with van der Waals surface area (Å²) in [6, 6.07) is 0. The van der Waals surface area contributed by atoms with E-state index in [1.54, 1.807) is 11.8 Å². The largest absolute Gasteiger partial charge is 0.393 e. The Morgan fingerprint density at radius 2 is 1.67 bits per heavy atom. The molecule has 0 aromatic carbocycles. The van der Waals surface area contributed by atoms with Crippen LogP contribution in [-0.2, 0) is 4.79 Å². The Morgan fingerprint density at radius 1 is 1.11 bits per heavy atom. The highest BCUT2D eigenvalue weighted by Crippen LogP contribution is 2.09. The van der Waals surface area contributed by atoms with Crippen LogP contribution in [0.4, 0.5) is 0 Å². The van der Waals surface area contributed by atoms with Gasteiger partial charge in [0, 0.05) is 20.0 Å². The van der Waals surface area contributed by atoms with Gasteiger partial charge in [0.1, 0.15) is 0 Å². The van der Waals surface area contributed by atoms with Crippen molar-refractivity contribution in [3.63, 3.8) is 0 Å². The monoisotopic (exact) mass is 257 g/mol. The maximum Gasteiger partial charge on any atom is 0.222 e. The van der Waals surface area contributed by atoms with E-state index in [4.69, 9.17) is 5.11 Å². The highest BCUT2D eigenvalue weighted by molar-refractivity contribution is 5.75. The molecule has 0 aliphatic rings. The van der Waals surface area contributed by atoms with Crippen molar-refractivity contribution < 1.29 is 9.90 Å². The number of carbonyl (C=O) groups excluding carboxylic acids is 1. The molecule has 3 nitrogen and oxygen atoms in total. The smallest absolute Gasteiger partial charge is 0.222 e. The lowest BCUT2D eigenvalue weighted by atomic mass is 10.1. The van der Waals surface area contributed by atoms with Gasteiger partial charge in [-0.1, -0.05) is 45.4 Å². The van der Waals surface area contributed by atoms with Crippen molar-refractivity contribution in [2.75, 3.05) is 13.6 Å². The van der Waals surface area contributed by atoms with Gasteiger partial charge in [-0.25, -0.2) is 0 Å². The summed E-state index contributed by atoms with van der Waals surface area (Å²) in [6.07, 6.45) is 9.68. The summed E-state index contributed by atoms with van der Waals surface area (Å²) >= 11 is 0. The van der Waals surface area contributed by atoms with Gasteiger partial charge in [0.2, 0.25) is 5.91 Å². The average molecular weight is 257 g/mol. The van der Waals surface area contributed by atoms with Crippen LogP contribution in [0.25, 0.3) is 0 Å². The quantitative estimate of drug-likeness (QED) is 0.577. The lowest BCUT2D eigenvalue weighted by molar-refractivity contribution is -0.130. The minimum Gasteiger partial charge on any atom is -0.393 e. The van der Waals surface area contributed by atoms with Crippen molar-refractivity contribution in [2.45, 2.75) is 77.7 Å². The van der Waals surface area contributed by atoms with Gasteiger partial charge in [-0.3, -0.25) is 4.79 Å². The van der Waals surface area contributed by atoms with Crippen molar-refractivity contribution >= 4 is 5.91 Å². The van der Waals surface area contributed by atoms with E-state index in [9.17, 15) is 4.79 Å². The second-order valence-corrected chi connectivity index (χ2v) is 5.32. The molecule has 0 aliphatic carbocycles. The molecule has 0 radical (unpaired) electrons. The van der Waals surface area contributed by atoms with E-state index >= 15 is 0 Å². The molecular formula is C15H31NO2. The molecule has 18 heavy (non-hydrogen) atoms. The first-order valence-electron chi connectivity index (χ1n) is 7.50. The third-order valence-corrected chi connectivity index (χ3v) is 3.30.